The zero-order valence-electron chi connectivity index (χ0n) is 12.6. The lowest BCUT2D eigenvalue weighted by Crippen LogP contribution is -2.50. The third-order valence-corrected chi connectivity index (χ3v) is 4.12. The average molecular weight is 296 g/mol. The van der Waals surface area contributed by atoms with Crippen LogP contribution in [0.3, 0.4) is 0 Å². The first-order valence-corrected chi connectivity index (χ1v) is 7.74. The molecule has 0 aliphatic carbocycles. The van der Waals surface area contributed by atoms with Crippen molar-refractivity contribution in [2.45, 2.75) is 49.8 Å². The van der Waals surface area contributed by atoms with Crippen LogP contribution < -0.4 is 10.6 Å². The monoisotopic (exact) mass is 296 g/mol. The van der Waals surface area contributed by atoms with Gasteiger partial charge in [-0.3, -0.25) is 0 Å². The summed E-state index contributed by atoms with van der Waals surface area (Å²) in [4.78, 5) is 13.1. The van der Waals surface area contributed by atoms with Crippen molar-refractivity contribution in [3.05, 3.63) is 24.3 Å². The highest BCUT2D eigenvalue weighted by molar-refractivity contribution is 8.00. The molecule has 0 fully saturated rings. The van der Waals surface area contributed by atoms with Crippen LogP contribution in [-0.4, -0.2) is 28.5 Å². The molecule has 1 aromatic rings. The molecule has 1 atom stereocenters. The molecule has 0 bridgehead atoms. The highest BCUT2D eigenvalue weighted by atomic mass is 32.2. The number of benzene rings is 1. The molecule has 112 valence electrons. The molecule has 0 spiro atoms. The van der Waals surface area contributed by atoms with E-state index in [9.17, 15) is 9.90 Å². The normalized spacial score (nSPS) is 13.9. The van der Waals surface area contributed by atoms with Crippen molar-refractivity contribution < 1.29 is 9.90 Å². The maximum absolute atomic E-state index is 12.0. The Balaban J connectivity index is 2.75. The topological polar surface area (TPSA) is 61.4 Å². The van der Waals surface area contributed by atoms with Gasteiger partial charge in [-0.15, -0.1) is 11.8 Å². The lowest BCUT2D eigenvalue weighted by molar-refractivity contribution is 0.172. The van der Waals surface area contributed by atoms with Gasteiger partial charge in [-0.25, -0.2) is 4.79 Å². The van der Waals surface area contributed by atoms with Gasteiger partial charge in [0.25, 0.3) is 0 Å². The SMILES string of the molecule is CCC(C)(CO)NC(=O)Nc1ccccc1SC(C)C. The van der Waals surface area contributed by atoms with Crippen LogP contribution in [0.1, 0.15) is 34.1 Å². The van der Waals surface area contributed by atoms with Gasteiger partial charge in [-0.2, -0.15) is 0 Å². The smallest absolute Gasteiger partial charge is 0.319 e. The summed E-state index contributed by atoms with van der Waals surface area (Å²) >= 11 is 1.70. The predicted octanol–water partition coefficient (Wildman–Crippen LogP) is 3.47. The number of nitrogens with one attached hydrogen (secondary N) is 2. The van der Waals surface area contributed by atoms with E-state index in [0.29, 0.717) is 11.7 Å². The van der Waals surface area contributed by atoms with E-state index in [4.69, 9.17) is 0 Å². The van der Waals surface area contributed by atoms with Crippen LogP contribution in [0.15, 0.2) is 29.2 Å². The second-order valence-electron chi connectivity index (χ2n) is 5.31. The van der Waals surface area contributed by atoms with Gasteiger partial charge in [-0.1, -0.05) is 32.9 Å². The average Bonchev–Trinajstić information content (AvgIpc) is 2.40. The van der Waals surface area contributed by atoms with E-state index in [1.807, 2.05) is 38.1 Å². The predicted molar refractivity (Wildman–Crippen MR) is 85.4 cm³/mol. The van der Waals surface area contributed by atoms with Crippen molar-refractivity contribution in [2.24, 2.45) is 0 Å². The Kier molecular flexibility index (Phi) is 6.36. The van der Waals surface area contributed by atoms with Crippen molar-refractivity contribution in [2.75, 3.05) is 11.9 Å². The van der Waals surface area contributed by atoms with Crippen molar-refractivity contribution in [3.8, 4) is 0 Å². The number of rotatable bonds is 6. The van der Waals surface area contributed by atoms with E-state index in [0.717, 1.165) is 10.6 Å². The molecule has 0 heterocycles. The van der Waals surface area contributed by atoms with Crippen LogP contribution >= 0.6 is 11.8 Å². The number of anilines is 1. The first-order valence-electron chi connectivity index (χ1n) is 6.86. The third-order valence-electron chi connectivity index (χ3n) is 3.04. The van der Waals surface area contributed by atoms with Gasteiger partial charge in [0.1, 0.15) is 0 Å². The fourth-order valence-corrected chi connectivity index (χ4v) is 2.51. The molecule has 1 aromatic carbocycles. The van der Waals surface area contributed by atoms with Crippen molar-refractivity contribution in [3.63, 3.8) is 0 Å². The van der Waals surface area contributed by atoms with E-state index in [1.165, 1.54) is 0 Å². The van der Waals surface area contributed by atoms with Crippen molar-refractivity contribution >= 4 is 23.5 Å². The molecule has 3 N–H and O–H groups in total. The molecule has 2 amide bonds. The van der Waals surface area contributed by atoms with Gasteiger partial charge in [0.05, 0.1) is 17.8 Å². The number of carbonyl (C=O) groups excluding carboxylic acids is 1. The highest BCUT2D eigenvalue weighted by Crippen LogP contribution is 2.30. The summed E-state index contributed by atoms with van der Waals surface area (Å²) in [5, 5.41) is 15.4. The molecule has 0 aromatic heterocycles. The largest absolute Gasteiger partial charge is 0.394 e. The van der Waals surface area contributed by atoms with Crippen LogP contribution in [0.25, 0.3) is 0 Å². The Morgan fingerprint density at radius 2 is 2.05 bits per heavy atom. The van der Waals surface area contributed by atoms with Crippen molar-refractivity contribution in [1.29, 1.82) is 0 Å². The Hall–Kier alpha value is -1.20. The molecular formula is C15H24N2O2S. The summed E-state index contributed by atoms with van der Waals surface area (Å²) in [5.41, 5.74) is 0.199. The Morgan fingerprint density at radius 3 is 2.60 bits per heavy atom. The van der Waals surface area contributed by atoms with E-state index < -0.39 is 5.54 Å². The molecule has 4 nitrogen and oxygen atoms in total. The number of hydrogen-bond donors (Lipinski definition) is 3. The van der Waals surface area contributed by atoms with Gasteiger partial charge in [-0.05, 0) is 25.5 Å². The second-order valence-corrected chi connectivity index (χ2v) is 6.93. The fraction of sp³-hybridized carbons (Fsp3) is 0.533. The van der Waals surface area contributed by atoms with Crippen molar-refractivity contribution in [1.82, 2.24) is 5.32 Å². The number of aliphatic hydroxyl groups is 1. The number of amides is 2. The van der Waals surface area contributed by atoms with E-state index in [2.05, 4.69) is 24.5 Å². The molecule has 0 radical (unpaired) electrons. The molecule has 5 heteroatoms. The molecule has 20 heavy (non-hydrogen) atoms. The first-order chi connectivity index (χ1) is 9.40. The summed E-state index contributed by atoms with van der Waals surface area (Å²) < 4.78 is 0. The third kappa shape index (κ3) is 5.06. The number of thioether (sulfide) groups is 1. The number of aliphatic hydroxyl groups excluding tert-OH is 1. The lowest BCUT2D eigenvalue weighted by Gasteiger charge is -2.27. The van der Waals surface area contributed by atoms with Crippen LogP contribution in [0.2, 0.25) is 0 Å². The summed E-state index contributed by atoms with van der Waals surface area (Å²) in [6.45, 7) is 7.89. The fourth-order valence-electron chi connectivity index (χ4n) is 1.59. The molecule has 0 saturated carbocycles. The van der Waals surface area contributed by atoms with E-state index >= 15 is 0 Å². The van der Waals surface area contributed by atoms with Gasteiger partial charge in [0.15, 0.2) is 0 Å². The summed E-state index contributed by atoms with van der Waals surface area (Å²) in [7, 11) is 0. The minimum atomic E-state index is -0.593. The van der Waals surface area contributed by atoms with Gasteiger partial charge >= 0.3 is 6.03 Å². The molecule has 0 aliphatic heterocycles. The first kappa shape index (κ1) is 16.9. The number of urea groups is 1. The van der Waals surface area contributed by atoms with Crippen LogP contribution in [0.4, 0.5) is 10.5 Å². The Labute approximate surface area is 125 Å². The highest BCUT2D eigenvalue weighted by Gasteiger charge is 2.23. The number of hydrogen-bond acceptors (Lipinski definition) is 3. The Morgan fingerprint density at radius 1 is 1.40 bits per heavy atom. The Bertz CT molecular complexity index is 445. The summed E-state index contributed by atoms with van der Waals surface area (Å²) in [6.07, 6.45) is 0.666. The molecular weight excluding hydrogens is 272 g/mol. The lowest BCUT2D eigenvalue weighted by atomic mass is 10.0. The summed E-state index contributed by atoms with van der Waals surface area (Å²) in [5.74, 6) is 0. The molecule has 0 aliphatic rings. The minimum absolute atomic E-state index is 0.0840. The van der Waals surface area contributed by atoms with Gasteiger partial charge < -0.3 is 15.7 Å². The van der Waals surface area contributed by atoms with E-state index in [-0.39, 0.29) is 12.6 Å². The second kappa shape index (κ2) is 7.55. The van der Waals surface area contributed by atoms with Crippen LogP contribution in [0, 0.1) is 0 Å². The zero-order chi connectivity index (χ0) is 15.2. The number of para-hydroxylation sites is 1. The molecule has 1 unspecified atom stereocenters. The maximum atomic E-state index is 12.0. The molecule has 1 rings (SSSR count). The molecule has 0 saturated heterocycles. The zero-order valence-corrected chi connectivity index (χ0v) is 13.4. The minimum Gasteiger partial charge on any atom is -0.394 e. The van der Waals surface area contributed by atoms with Gasteiger partial charge in [0, 0.05) is 10.1 Å². The van der Waals surface area contributed by atoms with E-state index in [1.54, 1.807) is 11.8 Å². The van der Waals surface area contributed by atoms with Gasteiger partial charge in [0.2, 0.25) is 0 Å². The van der Waals surface area contributed by atoms with Crippen LogP contribution in [-0.2, 0) is 0 Å². The quantitative estimate of drug-likeness (QED) is 0.704. The standard InChI is InChI=1S/C15H24N2O2S/c1-5-15(4,10-18)17-14(19)16-12-8-6-7-9-13(12)20-11(2)3/h6-9,11,18H,5,10H2,1-4H3,(H2,16,17,19). The maximum Gasteiger partial charge on any atom is 0.319 e. The van der Waals surface area contributed by atoms with Crippen LogP contribution in [0.5, 0.6) is 0 Å². The number of carbonyl (C=O) groups is 1. The summed E-state index contributed by atoms with van der Waals surface area (Å²) in [6, 6.07) is 7.43.